The largest absolute Gasteiger partial charge is 0.339 e. The summed E-state index contributed by atoms with van der Waals surface area (Å²) >= 11 is 0. The van der Waals surface area contributed by atoms with Gasteiger partial charge in [0.2, 0.25) is 5.91 Å². The number of benzene rings is 2. The summed E-state index contributed by atoms with van der Waals surface area (Å²) in [5.74, 6) is 0.295. The lowest BCUT2D eigenvalue weighted by Gasteiger charge is -2.36. The Morgan fingerprint density at radius 3 is 2.25 bits per heavy atom. The van der Waals surface area contributed by atoms with Crippen LogP contribution in [0.15, 0.2) is 48.7 Å². The van der Waals surface area contributed by atoms with E-state index in [-0.39, 0.29) is 17.2 Å². The third-order valence-corrected chi connectivity index (χ3v) is 6.92. The van der Waals surface area contributed by atoms with Crippen LogP contribution in [-0.2, 0) is 11.3 Å². The first-order valence-corrected chi connectivity index (χ1v) is 11.6. The summed E-state index contributed by atoms with van der Waals surface area (Å²) in [4.78, 5) is 29.3. The average Bonchev–Trinajstić information content (AvgIpc) is 3.47. The van der Waals surface area contributed by atoms with E-state index in [9.17, 15) is 9.59 Å². The smallest absolute Gasteiger partial charge is 0.253 e. The summed E-state index contributed by atoms with van der Waals surface area (Å²) in [6, 6.07) is 14.2. The van der Waals surface area contributed by atoms with Crippen LogP contribution >= 0.6 is 0 Å². The quantitative estimate of drug-likeness (QED) is 0.610. The molecule has 6 heteroatoms. The van der Waals surface area contributed by atoms with Gasteiger partial charge in [0, 0.05) is 49.1 Å². The van der Waals surface area contributed by atoms with Crippen LogP contribution < -0.4 is 0 Å². The van der Waals surface area contributed by atoms with Gasteiger partial charge in [0.1, 0.15) is 0 Å². The fourth-order valence-electron chi connectivity index (χ4n) is 4.52. The number of fused-ring (bicyclic) bond motifs is 1. The highest BCUT2D eigenvalue weighted by Gasteiger charge is 2.47. The molecule has 2 amide bonds. The van der Waals surface area contributed by atoms with Crippen molar-refractivity contribution in [3.8, 4) is 11.1 Å². The van der Waals surface area contributed by atoms with Crippen molar-refractivity contribution in [1.29, 1.82) is 0 Å². The van der Waals surface area contributed by atoms with Gasteiger partial charge in [0.05, 0.1) is 11.7 Å². The minimum absolute atomic E-state index is 0.0396. The monoisotopic (exact) mass is 430 g/mol. The first kappa shape index (κ1) is 20.7. The van der Waals surface area contributed by atoms with Crippen LogP contribution in [-0.4, -0.2) is 57.6 Å². The molecule has 0 bridgehead atoms. The van der Waals surface area contributed by atoms with Gasteiger partial charge < -0.3 is 9.80 Å². The Morgan fingerprint density at radius 1 is 0.938 bits per heavy atom. The van der Waals surface area contributed by atoms with Gasteiger partial charge in [-0.1, -0.05) is 38.1 Å². The van der Waals surface area contributed by atoms with Gasteiger partial charge >= 0.3 is 0 Å². The molecule has 3 aromatic rings. The molecule has 1 aliphatic carbocycles. The summed E-state index contributed by atoms with van der Waals surface area (Å²) in [7, 11) is 0. The van der Waals surface area contributed by atoms with Gasteiger partial charge in [-0.2, -0.15) is 5.10 Å². The molecule has 5 rings (SSSR count). The fraction of sp³-hybridized carbons (Fsp3) is 0.423. The molecule has 2 heterocycles. The number of aryl methyl sites for hydroxylation is 1. The molecule has 1 saturated carbocycles. The molecule has 166 valence electrons. The molecule has 6 nitrogen and oxygen atoms in total. The molecule has 32 heavy (non-hydrogen) atoms. The molecule has 0 unspecified atom stereocenters. The van der Waals surface area contributed by atoms with E-state index < -0.39 is 0 Å². The zero-order chi connectivity index (χ0) is 22.3. The molecular weight excluding hydrogens is 400 g/mol. The van der Waals surface area contributed by atoms with E-state index in [1.54, 1.807) is 0 Å². The van der Waals surface area contributed by atoms with Crippen molar-refractivity contribution in [2.24, 2.45) is 5.41 Å². The van der Waals surface area contributed by atoms with Gasteiger partial charge in [0.25, 0.3) is 5.91 Å². The summed E-state index contributed by atoms with van der Waals surface area (Å²) in [5, 5.41) is 5.62. The number of nitrogens with zero attached hydrogens (tertiary/aromatic N) is 4. The Morgan fingerprint density at radius 2 is 1.59 bits per heavy atom. The lowest BCUT2D eigenvalue weighted by Crippen LogP contribution is -2.52. The number of piperazine rings is 1. The maximum absolute atomic E-state index is 13.0. The maximum atomic E-state index is 13.0. The highest BCUT2D eigenvalue weighted by Crippen LogP contribution is 2.46. The van der Waals surface area contributed by atoms with Gasteiger partial charge in [0.15, 0.2) is 0 Å². The predicted molar refractivity (Wildman–Crippen MR) is 125 cm³/mol. The number of carbonyl (C=O) groups is 2. The Balaban J connectivity index is 1.27. The molecule has 0 N–H and O–H groups in total. The number of carbonyl (C=O) groups excluding carboxylic acids is 2. The van der Waals surface area contributed by atoms with Crippen molar-refractivity contribution in [2.75, 3.05) is 26.2 Å². The van der Waals surface area contributed by atoms with E-state index in [0.29, 0.717) is 31.7 Å². The zero-order valence-electron chi connectivity index (χ0n) is 18.9. The Hall–Kier alpha value is -3.15. The van der Waals surface area contributed by atoms with Crippen molar-refractivity contribution in [1.82, 2.24) is 19.6 Å². The summed E-state index contributed by atoms with van der Waals surface area (Å²) in [5.41, 5.74) is 3.90. The summed E-state index contributed by atoms with van der Waals surface area (Å²) < 4.78 is 2.05. The van der Waals surface area contributed by atoms with Crippen LogP contribution in [0, 0.1) is 5.41 Å². The SMILES string of the molecule is CCCn1ncc2ccc(-c3ccc(C(=O)N4CCN(C(=O)C5(C)CC5)CC4)cc3)cc21. The van der Waals surface area contributed by atoms with E-state index in [2.05, 4.69) is 30.2 Å². The van der Waals surface area contributed by atoms with Crippen LogP contribution in [0.1, 0.15) is 43.5 Å². The molecule has 0 atom stereocenters. The van der Waals surface area contributed by atoms with Crippen molar-refractivity contribution < 1.29 is 9.59 Å². The molecule has 2 aromatic carbocycles. The van der Waals surface area contributed by atoms with E-state index in [1.807, 2.05) is 51.9 Å². The van der Waals surface area contributed by atoms with Gasteiger partial charge in [-0.05, 0) is 48.6 Å². The average molecular weight is 431 g/mol. The molecule has 1 saturated heterocycles. The highest BCUT2D eigenvalue weighted by atomic mass is 16.2. The second-order valence-electron chi connectivity index (χ2n) is 9.36. The van der Waals surface area contributed by atoms with Crippen molar-refractivity contribution in [2.45, 2.75) is 39.7 Å². The molecule has 1 aromatic heterocycles. The zero-order valence-corrected chi connectivity index (χ0v) is 18.9. The topological polar surface area (TPSA) is 58.4 Å². The molecule has 0 spiro atoms. The van der Waals surface area contributed by atoms with Crippen LogP contribution in [0.4, 0.5) is 0 Å². The number of aromatic nitrogens is 2. The third-order valence-electron chi connectivity index (χ3n) is 6.92. The Labute approximate surface area is 188 Å². The molecule has 0 radical (unpaired) electrons. The van der Waals surface area contributed by atoms with E-state index >= 15 is 0 Å². The van der Waals surface area contributed by atoms with Crippen molar-refractivity contribution >= 4 is 22.7 Å². The first-order chi connectivity index (χ1) is 15.5. The lowest BCUT2D eigenvalue weighted by molar-refractivity contribution is -0.137. The van der Waals surface area contributed by atoms with Crippen LogP contribution in [0.5, 0.6) is 0 Å². The lowest BCUT2D eigenvalue weighted by atomic mass is 10.0. The second kappa shape index (κ2) is 8.08. The Bertz CT molecular complexity index is 1150. The maximum Gasteiger partial charge on any atom is 0.253 e. The van der Waals surface area contributed by atoms with Gasteiger partial charge in [-0.3, -0.25) is 14.3 Å². The predicted octanol–water partition coefficient (Wildman–Crippen LogP) is 4.20. The first-order valence-electron chi connectivity index (χ1n) is 11.6. The fourth-order valence-corrected chi connectivity index (χ4v) is 4.52. The highest BCUT2D eigenvalue weighted by molar-refractivity contribution is 5.95. The normalized spacial score (nSPS) is 17.6. The molecular formula is C26H30N4O2. The second-order valence-corrected chi connectivity index (χ2v) is 9.36. The minimum Gasteiger partial charge on any atom is -0.339 e. The standard InChI is InChI=1S/C26H30N4O2/c1-3-12-30-23-17-21(8-9-22(23)18-27-30)19-4-6-20(7-5-19)24(31)28-13-15-29(16-14-28)25(32)26(2)10-11-26/h4-9,17-18H,3,10-16H2,1-2H3. The van der Waals surface area contributed by atoms with Crippen molar-refractivity contribution in [3.05, 3.63) is 54.2 Å². The van der Waals surface area contributed by atoms with Crippen LogP contribution in [0.2, 0.25) is 0 Å². The molecule has 2 fully saturated rings. The van der Waals surface area contributed by atoms with Gasteiger partial charge in [-0.15, -0.1) is 0 Å². The van der Waals surface area contributed by atoms with E-state index in [1.165, 1.54) is 0 Å². The van der Waals surface area contributed by atoms with E-state index in [0.717, 1.165) is 47.8 Å². The summed E-state index contributed by atoms with van der Waals surface area (Å²) in [6.45, 7) is 7.55. The van der Waals surface area contributed by atoms with Crippen molar-refractivity contribution in [3.63, 3.8) is 0 Å². The van der Waals surface area contributed by atoms with Gasteiger partial charge in [-0.25, -0.2) is 0 Å². The minimum atomic E-state index is -0.140. The third kappa shape index (κ3) is 3.78. The summed E-state index contributed by atoms with van der Waals surface area (Å²) in [6.07, 6.45) is 4.94. The van der Waals surface area contributed by atoms with E-state index in [4.69, 9.17) is 0 Å². The number of amides is 2. The molecule has 1 aliphatic heterocycles. The van der Waals surface area contributed by atoms with Crippen LogP contribution in [0.3, 0.4) is 0 Å². The molecule has 2 aliphatic rings. The number of hydrogen-bond acceptors (Lipinski definition) is 3. The van der Waals surface area contributed by atoms with Crippen LogP contribution in [0.25, 0.3) is 22.0 Å². The Kier molecular flexibility index (Phi) is 5.24. The number of rotatable bonds is 5. The number of hydrogen-bond donors (Lipinski definition) is 0.